The van der Waals surface area contributed by atoms with E-state index in [0.29, 0.717) is 28.7 Å². The molecule has 2 N–H and O–H groups in total. The number of para-hydroxylation sites is 2. The Morgan fingerprint density at radius 3 is 0.987 bits per heavy atom. The van der Waals surface area contributed by atoms with Gasteiger partial charge in [-0.2, -0.15) is 0 Å². The molecule has 0 saturated heterocycles. The Morgan fingerprint density at radius 1 is 0.359 bits per heavy atom. The second-order valence-electron chi connectivity index (χ2n) is 19.5. The maximum atomic E-state index is 11.6. The normalized spacial score (nSPS) is 12.6. The Hall–Kier alpha value is -9.66. The smallest absolute Gasteiger partial charge is 0.508 e. The van der Waals surface area contributed by atoms with Gasteiger partial charge in [-0.15, -0.1) is 0 Å². The molecule has 0 amide bonds. The van der Waals surface area contributed by atoms with Crippen LogP contribution in [-0.2, 0) is 15.6 Å². The zero-order valence-electron chi connectivity index (χ0n) is 44.3. The predicted molar refractivity (Wildman–Crippen MR) is 307 cm³/mol. The topological polar surface area (TPSA) is 112 Å². The summed E-state index contributed by atoms with van der Waals surface area (Å²) in [6, 6.07) is 76.2. The highest BCUT2D eigenvalue weighted by molar-refractivity contribution is 5.88. The SMILES string of the molecule is COc1ccc(C2(c3ccc(OC(C)=O)c(C)c3)c3ccccc3-c3ccccc32)cc1C.Cc1cc(C2(c3ccc(O)c(C)c3)c3ccccc3-c3ccccc32)ccc1O.O=C(Oc1ccccc1)Oc1ccccc1. The quantitative estimate of drug-likeness (QED) is 0.0879. The van der Waals surface area contributed by atoms with Crippen molar-refractivity contribution in [2.24, 2.45) is 0 Å². The summed E-state index contributed by atoms with van der Waals surface area (Å²) in [4.78, 5) is 22.9. The lowest BCUT2D eigenvalue weighted by molar-refractivity contribution is -0.131. The van der Waals surface area contributed by atoms with Crippen LogP contribution in [0.3, 0.4) is 0 Å². The number of aryl methyl sites for hydroxylation is 4. The number of fused-ring (bicyclic) bond motifs is 6. The number of hydrogen-bond donors (Lipinski definition) is 2. The van der Waals surface area contributed by atoms with Gasteiger partial charge >= 0.3 is 12.1 Å². The highest BCUT2D eigenvalue weighted by Crippen LogP contribution is 2.58. The first kappa shape index (κ1) is 51.8. The van der Waals surface area contributed by atoms with Crippen LogP contribution in [0.1, 0.15) is 73.7 Å². The molecular formula is C70H58O8. The fraction of sp³-hybridized carbons (Fsp3) is 0.114. The molecule has 0 unspecified atom stereocenters. The Balaban J connectivity index is 0.000000140. The highest BCUT2D eigenvalue weighted by atomic mass is 16.7. The fourth-order valence-corrected chi connectivity index (χ4v) is 11.3. The third-order valence-electron chi connectivity index (χ3n) is 14.7. The van der Waals surface area contributed by atoms with E-state index in [0.717, 1.165) is 44.7 Å². The third-order valence-corrected chi connectivity index (χ3v) is 14.7. The molecule has 0 bridgehead atoms. The molecule has 0 heterocycles. The highest BCUT2D eigenvalue weighted by Gasteiger charge is 2.47. The van der Waals surface area contributed by atoms with Crippen molar-refractivity contribution in [3.63, 3.8) is 0 Å². The number of phenolic OH excluding ortho intramolecular Hbond substituents is 2. The summed E-state index contributed by atoms with van der Waals surface area (Å²) in [6.45, 7) is 9.36. The second kappa shape index (κ2) is 21.9. The van der Waals surface area contributed by atoms with Crippen LogP contribution >= 0.6 is 0 Å². The van der Waals surface area contributed by atoms with Gasteiger partial charge in [-0.1, -0.05) is 182 Å². The minimum Gasteiger partial charge on any atom is -0.508 e. The first-order chi connectivity index (χ1) is 37.8. The van der Waals surface area contributed by atoms with Crippen LogP contribution in [0.25, 0.3) is 22.3 Å². The zero-order chi connectivity index (χ0) is 54.6. The molecular weight excluding hydrogens is 969 g/mol. The maximum Gasteiger partial charge on any atom is 0.519 e. The van der Waals surface area contributed by atoms with Crippen molar-refractivity contribution in [3.05, 3.63) is 297 Å². The molecule has 0 spiro atoms. The molecule has 0 radical (unpaired) electrons. The Labute approximate surface area is 455 Å². The van der Waals surface area contributed by atoms with E-state index in [1.807, 2.05) is 51.1 Å². The number of esters is 1. The van der Waals surface area contributed by atoms with Crippen LogP contribution in [0.5, 0.6) is 34.5 Å². The summed E-state index contributed by atoms with van der Waals surface area (Å²) in [7, 11) is 1.70. The first-order valence-corrected chi connectivity index (χ1v) is 25.8. The molecule has 0 aliphatic heterocycles. The summed E-state index contributed by atoms with van der Waals surface area (Å²) in [6.07, 6.45) is -0.739. The van der Waals surface area contributed by atoms with Crippen molar-refractivity contribution in [1.29, 1.82) is 0 Å². The largest absolute Gasteiger partial charge is 0.519 e. The lowest BCUT2D eigenvalue weighted by atomic mass is 9.67. The molecule has 2 aliphatic carbocycles. The number of rotatable bonds is 8. The van der Waals surface area contributed by atoms with Crippen molar-refractivity contribution in [3.8, 4) is 56.8 Å². The molecule has 386 valence electrons. The average molecular weight is 1030 g/mol. The molecule has 0 saturated carbocycles. The van der Waals surface area contributed by atoms with Gasteiger partial charge in [0.2, 0.25) is 0 Å². The second-order valence-corrected chi connectivity index (χ2v) is 19.5. The molecule has 8 heteroatoms. The van der Waals surface area contributed by atoms with Crippen LogP contribution in [0.15, 0.2) is 231 Å². The first-order valence-electron chi connectivity index (χ1n) is 25.8. The van der Waals surface area contributed by atoms with Crippen LogP contribution in [-0.4, -0.2) is 29.4 Å². The lowest BCUT2D eigenvalue weighted by Crippen LogP contribution is -2.29. The van der Waals surface area contributed by atoms with Gasteiger partial charge in [-0.25, -0.2) is 4.79 Å². The molecule has 0 atom stereocenters. The predicted octanol–water partition coefficient (Wildman–Crippen LogP) is 15.9. The molecule has 12 rings (SSSR count). The standard InChI is InChI=1S/C30H26O3.C27H22O2.C13H10O3/c1-19-17-22(13-15-28(19)32-4)30(23-14-16-29(20(2)18-23)33-21(3)31)26-11-7-5-9-24(26)25-10-6-8-12-27(25)30;1-17-15-19(11-13-25(17)28)27(20-12-14-26(29)18(2)16-20)23-9-5-3-7-21(23)22-8-4-6-10-24(22)27;14-13(15-11-7-3-1-4-8-11)16-12-9-5-2-6-10-12/h5-18H,1-4H3;3-16,28-29H,1-2H3;1-10H. The van der Waals surface area contributed by atoms with E-state index in [9.17, 15) is 19.8 Å². The number of hydrogen-bond acceptors (Lipinski definition) is 8. The number of carbonyl (C=O) groups is 2. The monoisotopic (exact) mass is 1030 g/mol. The van der Waals surface area contributed by atoms with E-state index in [4.69, 9.17) is 18.9 Å². The zero-order valence-corrected chi connectivity index (χ0v) is 44.3. The minimum absolute atomic E-state index is 0.297. The van der Waals surface area contributed by atoms with Crippen molar-refractivity contribution in [2.75, 3.05) is 7.11 Å². The van der Waals surface area contributed by atoms with E-state index in [1.165, 1.54) is 57.0 Å². The van der Waals surface area contributed by atoms with Gasteiger partial charge in [0, 0.05) is 6.92 Å². The summed E-state index contributed by atoms with van der Waals surface area (Å²) in [5.41, 5.74) is 17.1. The van der Waals surface area contributed by atoms with Crippen molar-refractivity contribution < 1.29 is 38.7 Å². The van der Waals surface area contributed by atoms with Crippen LogP contribution < -0.4 is 18.9 Å². The summed E-state index contributed by atoms with van der Waals surface area (Å²) in [5.74, 6) is 2.66. The Kier molecular flexibility index (Phi) is 14.5. The summed E-state index contributed by atoms with van der Waals surface area (Å²) < 4.78 is 20.9. The van der Waals surface area contributed by atoms with E-state index in [2.05, 4.69) is 146 Å². The van der Waals surface area contributed by atoms with Crippen LogP contribution in [0.2, 0.25) is 0 Å². The average Bonchev–Trinajstić information content (AvgIpc) is 4.13. The molecule has 2 aliphatic rings. The van der Waals surface area contributed by atoms with Crippen molar-refractivity contribution in [2.45, 2.75) is 45.4 Å². The molecule has 10 aromatic rings. The number of benzene rings is 10. The minimum atomic E-state index is -0.739. The number of phenols is 2. The third kappa shape index (κ3) is 9.54. The van der Waals surface area contributed by atoms with Crippen LogP contribution in [0, 0.1) is 27.7 Å². The Bertz CT molecular complexity index is 3660. The van der Waals surface area contributed by atoms with Gasteiger partial charge in [0.05, 0.1) is 17.9 Å². The van der Waals surface area contributed by atoms with Gasteiger partial charge in [0.1, 0.15) is 34.5 Å². The van der Waals surface area contributed by atoms with E-state index in [-0.39, 0.29) is 5.97 Å². The van der Waals surface area contributed by atoms with Crippen LogP contribution in [0.4, 0.5) is 4.79 Å². The fourth-order valence-electron chi connectivity index (χ4n) is 11.3. The summed E-state index contributed by atoms with van der Waals surface area (Å²) in [5, 5.41) is 20.4. The van der Waals surface area contributed by atoms with E-state index < -0.39 is 17.0 Å². The van der Waals surface area contributed by atoms with Crippen molar-refractivity contribution >= 4 is 12.1 Å². The number of aromatic hydroxyl groups is 2. The van der Waals surface area contributed by atoms with Crippen molar-refractivity contribution in [1.82, 2.24) is 0 Å². The molecule has 0 aromatic heterocycles. The van der Waals surface area contributed by atoms with E-state index >= 15 is 0 Å². The Morgan fingerprint density at radius 2 is 0.667 bits per heavy atom. The van der Waals surface area contributed by atoms with Gasteiger partial charge in [-0.3, -0.25) is 4.79 Å². The number of ether oxygens (including phenoxy) is 4. The number of carbonyl (C=O) groups excluding carboxylic acids is 2. The maximum absolute atomic E-state index is 11.6. The molecule has 0 fully saturated rings. The van der Waals surface area contributed by atoms with Gasteiger partial charge in [-0.05, 0) is 165 Å². The lowest BCUT2D eigenvalue weighted by Gasteiger charge is -2.34. The van der Waals surface area contributed by atoms with E-state index in [1.54, 1.807) is 67.8 Å². The molecule has 78 heavy (non-hydrogen) atoms. The van der Waals surface area contributed by atoms with Gasteiger partial charge in [0.25, 0.3) is 0 Å². The molecule has 8 nitrogen and oxygen atoms in total. The number of methoxy groups -OCH3 is 1. The van der Waals surface area contributed by atoms with Gasteiger partial charge < -0.3 is 29.2 Å². The van der Waals surface area contributed by atoms with Gasteiger partial charge in [0.15, 0.2) is 0 Å². The summed E-state index contributed by atoms with van der Waals surface area (Å²) >= 11 is 0. The molecule has 10 aromatic carbocycles.